The number of hydrogen-bond donors (Lipinski definition) is 3. The van der Waals surface area contributed by atoms with Gasteiger partial charge in [-0.15, -0.1) is 0 Å². The maximum atomic E-state index is 14.5. The number of pyridine rings is 1. The van der Waals surface area contributed by atoms with Crippen LogP contribution in [0, 0.1) is 11.6 Å². The highest BCUT2D eigenvalue weighted by molar-refractivity contribution is 5.94. The van der Waals surface area contributed by atoms with Crippen LogP contribution in [-0.4, -0.2) is 51.0 Å². The van der Waals surface area contributed by atoms with Crippen molar-refractivity contribution in [3.05, 3.63) is 95.4 Å². The van der Waals surface area contributed by atoms with Crippen LogP contribution in [0.4, 0.5) is 22.0 Å². The molecule has 4 N–H and O–H groups in total. The lowest BCUT2D eigenvalue weighted by Crippen LogP contribution is -2.51. The van der Waals surface area contributed by atoms with E-state index in [4.69, 9.17) is 10.5 Å². The van der Waals surface area contributed by atoms with Crippen molar-refractivity contribution in [1.29, 1.82) is 0 Å². The van der Waals surface area contributed by atoms with Gasteiger partial charge in [0.2, 0.25) is 11.5 Å². The molecule has 218 valence electrons. The van der Waals surface area contributed by atoms with Crippen LogP contribution in [-0.2, 0) is 15.8 Å². The van der Waals surface area contributed by atoms with Gasteiger partial charge in [-0.05, 0) is 61.5 Å². The summed E-state index contributed by atoms with van der Waals surface area (Å²) in [6.45, 7) is -0.317. The van der Waals surface area contributed by atoms with Crippen molar-refractivity contribution in [3.63, 3.8) is 0 Å². The molecule has 5 rings (SSSR count). The first-order chi connectivity index (χ1) is 19.7. The summed E-state index contributed by atoms with van der Waals surface area (Å²) in [6.07, 6.45) is -3.07. The molecule has 14 heteroatoms. The Labute approximate surface area is 234 Å². The molecular formula is C28H22F5N5O4. The first kappa shape index (κ1) is 28.7. The molecular weight excluding hydrogens is 565 g/mol. The molecule has 0 saturated carbocycles. The number of carbonyl (C=O) groups is 2. The van der Waals surface area contributed by atoms with E-state index in [1.54, 1.807) is 0 Å². The summed E-state index contributed by atoms with van der Waals surface area (Å²) < 4.78 is 77.2. The lowest BCUT2D eigenvalue weighted by atomic mass is 9.81. The number of amides is 2. The fraction of sp³-hybridized carbons (Fsp3) is 0.214. The van der Waals surface area contributed by atoms with Crippen molar-refractivity contribution in [2.75, 3.05) is 13.2 Å². The Morgan fingerprint density at radius 3 is 2.31 bits per heavy atom. The summed E-state index contributed by atoms with van der Waals surface area (Å²) in [5, 5.41) is 17.1. The van der Waals surface area contributed by atoms with E-state index in [9.17, 15) is 36.6 Å². The van der Waals surface area contributed by atoms with Crippen LogP contribution in [0.15, 0.2) is 67.0 Å². The number of carbonyl (C=O) groups excluding carboxylic acids is 2. The molecule has 42 heavy (non-hydrogen) atoms. The molecule has 0 saturated heterocycles. The molecule has 2 aromatic carbocycles. The fourth-order valence-electron chi connectivity index (χ4n) is 4.42. The summed E-state index contributed by atoms with van der Waals surface area (Å²) >= 11 is 0. The average Bonchev–Trinajstić information content (AvgIpc) is 3.57. The molecule has 0 aliphatic carbocycles. The maximum absolute atomic E-state index is 14.5. The van der Waals surface area contributed by atoms with Gasteiger partial charge in [0.05, 0.1) is 29.7 Å². The van der Waals surface area contributed by atoms with E-state index in [0.29, 0.717) is 5.69 Å². The van der Waals surface area contributed by atoms with Crippen LogP contribution in [0.3, 0.4) is 0 Å². The second-order valence-corrected chi connectivity index (χ2v) is 9.92. The standard InChI is InChI=1S/C28H22F5N5O4/c1-26(25(34)40)14-42-23-20(26)10-21(37-22(23)15-2-4-17(29)5-3-15)27(41,28(31,32)33)13-35-24(39)16-11-36-38(12-16)19-8-6-18(30)7-9-19/h2-12,41H,13-14H2,1H3,(H2,34,40)(H,35,39)/t26-,27?/m0/s1. The summed E-state index contributed by atoms with van der Waals surface area (Å²) in [5.41, 5.74) is -0.589. The second-order valence-electron chi connectivity index (χ2n) is 9.92. The van der Waals surface area contributed by atoms with Gasteiger partial charge >= 0.3 is 6.18 Å². The number of aromatic nitrogens is 3. The molecule has 9 nitrogen and oxygen atoms in total. The fourth-order valence-corrected chi connectivity index (χ4v) is 4.42. The molecule has 2 aromatic heterocycles. The lowest BCUT2D eigenvalue weighted by molar-refractivity contribution is -0.265. The highest BCUT2D eigenvalue weighted by atomic mass is 19.4. The van der Waals surface area contributed by atoms with Crippen LogP contribution < -0.4 is 15.8 Å². The number of halogens is 5. The number of nitrogens with zero attached hydrogens (tertiary/aromatic N) is 3. The van der Waals surface area contributed by atoms with Gasteiger partial charge in [-0.1, -0.05) is 0 Å². The van der Waals surface area contributed by atoms with Gasteiger partial charge in [-0.25, -0.2) is 18.4 Å². The predicted molar refractivity (Wildman–Crippen MR) is 137 cm³/mol. The molecule has 0 fully saturated rings. The molecule has 3 heterocycles. The minimum atomic E-state index is -5.37. The monoisotopic (exact) mass is 587 g/mol. The quantitative estimate of drug-likeness (QED) is 0.284. The number of primary amides is 1. The molecule has 2 atom stereocenters. The van der Waals surface area contributed by atoms with Crippen LogP contribution in [0.5, 0.6) is 5.75 Å². The molecule has 0 bridgehead atoms. The van der Waals surface area contributed by atoms with E-state index in [1.807, 2.05) is 0 Å². The summed E-state index contributed by atoms with van der Waals surface area (Å²) in [4.78, 5) is 29.2. The van der Waals surface area contributed by atoms with Gasteiger partial charge in [-0.2, -0.15) is 18.3 Å². The first-order valence-electron chi connectivity index (χ1n) is 12.4. The topological polar surface area (TPSA) is 132 Å². The van der Waals surface area contributed by atoms with Gasteiger partial charge in [-0.3, -0.25) is 9.59 Å². The Bertz CT molecular complexity index is 1670. The highest BCUT2D eigenvalue weighted by Crippen LogP contribution is 2.47. The second kappa shape index (κ2) is 10.2. The van der Waals surface area contributed by atoms with Crippen LogP contribution in [0.25, 0.3) is 16.9 Å². The van der Waals surface area contributed by atoms with Crippen molar-refractivity contribution in [1.82, 2.24) is 20.1 Å². The number of nitrogens with one attached hydrogen (secondary N) is 1. The predicted octanol–water partition coefficient (Wildman–Crippen LogP) is 3.53. The lowest BCUT2D eigenvalue weighted by Gasteiger charge is -2.31. The van der Waals surface area contributed by atoms with Gasteiger partial charge in [0.1, 0.15) is 35.1 Å². The Morgan fingerprint density at radius 1 is 1.10 bits per heavy atom. The number of nitrogens with two attached hydrogens (primary N) is 1. The zero-order valence-corrected chi connectivity index (χ0v) is 21.7. The SMILES string of the molecule is C[C@]1(C(N)=O)COc2c1cc(C(O)(CNC(=O)c1cnn(-c3ccc(F)cc3)c1)C(F)(F)F)nc2-c1ccc(F)cc1. The zero-order valence-electron chi connectivity index (χ0n) is 21.7. The third-order valence-electron chi connectivity index (χ3n) is 7.07. The summed E-state index contributed by atoms with van der Waals surface area (Å²) in [6, 6.07) is 10.6. The van der Waals surface area contributed by atoms with Crippen LogP contribution in [0.1, 0.15) is 28.5 Å². The number of alkyl halides is 3. The molecule has 1 aliphatic heterocycles. The van der Waals surface area contributed by atoms with Gasteiger partial charge < -0.3 is 20.9 Å². The maximum Gasteiger partial charge on any atom is 0.424 e. The van der Waals surface area contributed by atoms with Crippen molar-refractivity contribution in [3.8, 4) is 22.7 Å². The number of rotatable bonds is 7. The molecule has 0 spiro atoms. The molecule has 1 unspecified atom stereocenters. The van der Waals surface area contributed by atoms with Gasteiger partial charge in [0.25, 0.3) is 5.91 Å². The Kier molecular flexibility index (Phi) is 6.97. The smallest absolute Gasteiger partial charge is 0.424 e. The third-order valence-corrected chi connectivity index (χ3v) is 7.07. The number of benzene rings is 2. The van der Waals surface area contributed by atoms with Crippen LogP contribution in [0.2, 0.25) is 0 Å². The summed E-state index contributed by atoms with van der Waals surface area (Å²) in [5.74, 6) is -3.07. The average molecular weight is 588 g/mol. The highest BCUT2D eigenvalue weighted by Gasteiger charge is 2.57. The number of fused-ring (bicyclic) bond motifs is 1. The first-order valence-corrected chi connectivity index (χ1v) is 12.4. The molecule has 1 aliphatic rings. The van der Waals surface area contributed by atoms with E-state index in [1.165, 1.54) is 42.1 Å². The van der Waals surface area contributed by atoms with E-state index in [0.717, 1.165) is 36.5 Å². The number of ether oxygens (including phenoxy) is 1. The van der Waals surface area contributed by atoms with Crippen molar-refractivity contribution >= 4 is 11.8 Å². The van der Waals surface area contributed by atoms with E-state index < -0.39 is 52.9 Å². The van der Waals surface area contributed by atoms with Crippen molar-refractivity contribution in [2.45, 2.75) is 24.1 Å². The third kappa shape index (κ3) is 4.93. The number of hydrogen-bond acceptors (Lipinski definition) is 6. The van der Waals surface area contributed by atoms with Crippen molar-refractivity contribution < 1.29 is 41.4 Å². The Hall–Kier alpha value is -4.85. The molecule has 2 amide bonds. The molecule has 0 radical (unpaired) electrons. The molecule has 4 aromatic rings. The van der Waals surface area contributed by atoms with Crippen LogP contribution >= 0.6 is 0 Å². The minimum Gasteiger partial charge on any atom is -0.489 e. The normalized spacial score (nSPS) is 17.7. The largest absolute Gasteiger partial charge is 0.489 e. The summed E-state index contributed by atoms with van der Waals surface area (Å²) in [7, 11) is 0. The van der Waals surface area contributed by atoms with Gasteiger partial charge in [0, 0.05) is 17.3 Å². The van der Waals surface area contributed by atoms with Gasteiger partial charge in [0.15, 0.2) is 0 Å². The van der Waals surface area contributed by atoms with E-state index >= 15 is 0 Å². The number of aliphatic hydroxyl groups is 1. The zero-order chi connectivity index (χ0) is 30.4. The Morgan fingerprint density at radius 2 is 1.71 bits per heavy atom. The van der Waals surface area contributed by atoms with E-state index in [-0.39, 0.29) is 34.7 Å². The Balaban J connectivity index is 1.53. The van der Waals surface area contributed by atoms with E-state index in [2.05, 4.69) is 15.4 Å². The van der Waals surface area contributed by atoms with Crippen molar-refractivity contribution in [2.24, 2.45) is 5.73 Å². The minimum absolute atomic E-state index is 0.0478.